The lowest BCUT2D eigenvalue weighted by Gasteiger charge is -2.13. The number of para-hydroxylation sites is 1. The van der Waals surface area contributed by atoms with Crippen molar-refractivity contribution in [2.24, 2.45) is 0 Å². The van der Waals surface area contributed by atoms with Crippen LogP contribution in [0, 0.1) is 18.6 Å². The van der Waals surface area contributed by atoms with Gasteiger partial charge in [-0.1, -0.05) is 6.07 Å². The fourth-order valence-electron chi connectivity index (χ4n) is 1.85. The Labute approximate surface area is 120 Å². The molecule has 110 valence electrons. The monoisotopic (exact) mass is 292 g/mol. The average Bonchev–Trinajstić information content (AvgIpc) is 2.46. The summed E-state index contributed by atoms with van der Waals surface area (Å²) in [7, 11) is 1.23. The number of nitrogen functional groups attached to an aromatic ring is 1. The lowest BCUT2D eigenvalue weighted by molar-refractivity contribution is 0.0602. The van der Waals surface area contributed by atoms with Crippen LogP contribution in [0.1, 0.15) is 15.9 Å². The molecule has 0 heterocycles. The third-order valence-electron chi connectivity index (χ3n) is 3.03. The second-order valence-electron chi connectivity index (χ2n) is 4.46. The number of nitrogens with one attached hydrogen (secondary N) is 1. The van der Waals surface area contributed by atoms with E-state index in [1.807, 2.05) is 0 Å². The van der Waals surface area contributed by atoms with E-state index in [2.05, 4.69) is 10.1 Å². The zero-order valence-electron chi connectivity index (χ0n) is 11.5. The Bertz CT molecular complexity index is 702. The molecular formula is C15H14F2N2O2. The summed E-state index contributed by atoms with van der Waals surface area (Å²) in [5.74, 6) is -1.76. The molecule has 0 spiro atoms. The van der Waals surface area contributed by atoms with Crippen LogP contribution in [0.3, 0.4) is 0 Å². The minimum atomic E-state index is -0.614. The molecule has 2 rings (SSSR count). The van der Waals surface area contributed by atoms with Crippen molar-refractivity contribution in [2.75, 3.05) is 18.2 Å². The molecule has 0 saturated heterocycles. The van der Waals surface area contributed by atoms with Crippen molar-refractivity contribution in [3.05, 3.63) is 53.1 Å². The molecule has 0 amide bonds. The SMILES string of the molecule is COC(=O)c1cccc(Nc2cc(F)c(C)cc2F)c1N. The summed E-state index contributed by atoms with van der Waals surface area (Å²) >= 11 is 0. The van der Waals surface area contributed by atoms with Crippen molar-refractivity contribution < 1.29 is 18.3 Å². The molecule has 4 nitrogen and oxygen atoms in total. The number of carbonyl (C=O) groups excluding carboxylic acids is 1. The van der Waals surface area contributed by atoms with E-state index in [4.69, 9.17) is 5.73 Å². The van der Waals surface area contributed by atoms with E-state index in [9.17, 15) is 13.6 Å². The van der Waals surface area contributed by atoms with Gasteiger partial charge >= 0.3 is 5.97 Å². The number of ether oxygens (including phenoxy) is 1. The minimum absolute atomic E-state index is 0.0631. The molecule has 0 fully saturated rings. The zero-order chi connectivity index (χ0) is 15.6. The number of benzene rings is 2. The smallest absolute Gasteiger partial charge is 0.340 e. The maximum absolute atomic E-state index is 13.8. The van der Waals surface area contributed by atoms with Gasteiger partial charge in [-0.15, -0.1) is 0 Å². The Balaban J connectivity index is 2.41. The molecule has 0 unspecified atom stereocenters. The summed E-state index contributed by atoms with van der Waals surface area (Å²) in [4.78, 5) is 11.5. The fraction of sp³-hybridized carbons (Fsp3) is 0.133. The highest BCUT2D eigenvalue weighted by Crippen LogP contribution is 2.29. The Kier molecular flexibility index (Phi) is 4.07. The van der Waals surface area contributed by atoms with Crippen LogP contribution in [-0.2, 0) is 4.74 Å². The van der Waals surface area contributed by atoms with E-state index in [0.717, 1.165) is 12.1 Å². The van der Waals surface area contributed by atoms with Gasteiger partial charge in [0.1, 0.15) is 11.6 Å². The zero-order valence-corrected chi connectivity index (χ0v) is 11.5. The minimum Gasteiger partial charge on any atom is -0.465 e. The second kappa shape index (κ2) is 5.78. The number of rotatable bonds is 3. The van der Waals surface area contributed by atoms with Crippen LogP contribution < -0.4 is 11.1 Å². The van der Waals surface area contributed by atoms with Crippen LogP contribution in [0.15, 0.2) is 30.3 Å². The highest BCUT2D eigenvalue weighted by molar-refractivity contribution is 5.98. The first-order valence-electron chi connectivity index (χ1n) is 6.13. The van der Waals surface area contributed by atoms with Crippen LogP contribution in [0.25, 0.3) is 0 Å². The van der Waals surface area contributed by atoms with Gasteiger partial charge in [-0.05, 0) is 30.7 Å². The van der Waals surface area contributed by atoms with Crippen molar-refractivity contribution >= 4 is 23.0 Å². The maximum atomic E-state index is 13.8. The van der Waals surface area contributed by atoms with Crippen LogP contribution in [0.4, 0.5) is 25.8 Å². The van der Waals surface area contributed by atoms with E-state index < -0.39 is 17.6 Å². The van der Waals surface area contributed by atoms with Gasteiger partial charge in [0.2, 0.25) is 0 Å². The topological polar surface area (TPSA) is 64.3 Å². The van der Waals surface area contributed by atoms with Crippen molar-refractivity contribution in [2.45, 2.75) is 6.92 Å². The molecule has 0 aliphatic heterocycles. The largest absolute Gasteiger partial charge is 0.465 e. The first-order valence-corrected chi connectivity index (χ1v) is 6.13. The van der Waals surface area contributed by atoms with E-state index in [1.165, 1.54) is 20.1 Å². The van der Waals surface area contributed by atoms with Gasteiger partial charge in [0.15, 0.2) is 0 Å². The molecule has 2 aromatic rings. The molecule has 0 aliphatic carbocycles. The molecule has 0 saturated carbocycles. The Morgan fingerprint density at radius 3 is 2.57 bits per heavy atom. The molecule has 0 radical (unpaired) electrons. The van der Waals surface area contributed by atoms with Gasteiger partial charge in [-0.2, -0.15) is 0 Å². The first kappa shape index (κ1) is 14.8. The Morgan fingerprint density at radius 2 is 1.90 bits per heavy atom. The molecule has 0 aliphatic rings. The number of hydrogen-bond acceptors (Lipinski definition) is 4. The maximum Gasteiger partial charge on any atom is 0.340 e. The number of methoxy groups -OCH3 is 1. The van der Waals surface area contributed by atoms with Crippen molar-refractivity contribution in [3.8, 4) is 0 Å². The standard InChI is InChI=1S/C15H14F2N2O2/c1-8-6-11(17)13(7-10(8)16)19-12-5-3-4-9(14(12)18)15(20)21-2/h3-7,19H,18H2,1-2H3. The molecule has 0 atom stereocenters. The summed E-state index contributed by atoms with van der Waals surface area (Å²) in [6, 6.07) is 6.72. The highest BCUT2D eigenvalue weighted by Gasteiger charge is 2.14. The lowest BCUT2D eigenvalue weighted by atomic mass is 10.1. The summed E-state index contributed by atoms with van der Waals surface area (Å²) in [6.07, 6.45) is 0. The average molecular weight is 292 g/mol. The van der Waals surface area contributed by atoms with Gasteiger partial charge in [-0.25, -0.2) is 13.6 Å². The van der Waals surface area contributed by atoms with E-state index in [0.29, 0.717) is 5.69 Å². The number of carbonyl (C=O) groups is 1. The first-order chi connectivity index (χ1) is 9.93. The normalized spacial score (nSPS) is 10.3. The quantitative estimate of drug-likeness (QED) is 0.672. The van der Waals surface area contributed by atoms with E-state index in [1.54, 1.807) is 12.1 Å². The highest BCUT2D eigenvalue weighted by atomic mass is 19.1. The predicted octanol–water partition coefficient (Wildman–Crippen LogP) is 3.39. The third kappa shape index (κ3) is 2.94. The number of nitrogens with two attached hydrogens (primary N) is 1. The molecule has 0 aromatic heterocycles. The molecule has 6 heteroatoms. The second-order valence-corrected chi connectivity index (χ2v) is 4.46. The van der Waals surface area contributed by atoms with Gasteiger partial charge in [-0.3, -0.25) is 0 Å². The van der Waals surface area contributed by atoms with Crippen LogP contribution >= 0.6 is 0 Å². The number of esters is 1. The lowest BCUT2D eigenvalue weighted by Crippen LogP contribution is -2.08. The van der Waals surface area contributed by atoms with Gasteiger partial charge in [0.05, 0.1) is 29.7 Å². The molecular weight excluding hydrogens is 278 g/mol. The summed E-state index contributed by atoms with van der Waals surface area (Å²) in [5.41, 5.74) is 6.53. The summed E-state index contributed by atoms with van der Waals surface area (Å²) in [6.45, 7) is 1.47. The molecule has 2 aromatic carbocycles. The Morgan fingerprint density at radius 1 is 1.19 bits per heavy atom. The van der Waals surface area contributed by atoms with Crippen molar-refractivity contribution in [1.82, 2.24) is 0 Å². The predicted molar refractivity (Wildman–Crippen MR) is 76.6 cm³/mol. The third-order valence-corrected chi connectivity index (χ3v) is 3.03. The molecule has 0 bridgehead atoms. The van der Waals surface area contributed by atoms with Crippen LogP contribution in [-0.4, -0.2) is 13.1 Å². The van der Waals surface area contributed by atoms with E-state index in [-0.39, 0.29) is 22.5 Å². The van der Waals surface area contributed by atoms with Crippen molar-refractivity contribution in [3.63, 3.8) is 0 Å². The van der Waals surface area contributed by atoms with Gasteiger partial charge in [0.25, 0.3) is 0 Å². The van der Waals surface area contributed by atoms with Crippen LogP contribution in [0.5, 0.6) is 0 Å². The fourth-order valence-corrected chi connectivity index (χ4v) is 1.85. The van der Waals surface area contributed by atoms with Crippen molar-refractivity contribution in [1.29, 1.82) is 0 Å². The summed E-state index contributed by atoms with van der Waals surface area (Å²) in [5, 5.41) is 2.68. The molecule has 21 heavy (non-hydrogen) atoms. The number of hydrogen-bond donors (Lipinski definition) is 2. The van der Waals surface area contributed by atoms with Gasteiger partial charge < -0.3 is 15.8 Å². The Hall–Kier alpha value is -2.63. The molecule has 3 N–H and O–H groups in total. The van der Waals surface area contributed by atoms with E-state index >= 15 is 0 Å². The number of halogens is 2. The summed E-state index contributed by atoms with van der Waals surface area (Å²) < 4.78 is 31.9. The van der Waals surface area contributed by atoms with Crippen LogP contribution in [0.2, 0.25) is 0 Å². The van der Waals surface area contributed by atoms with Gasteiger partial charge in [0, 0.05) is 6.07 Å². The number of aryl methyl sites for hydroxylation is 1. The number of anilines is 3.